The van der Waals surface area contributed by atoms with Crippen LogP contribution in [0.15, 0.2) is 30.3 Å². The number of hydrogen-bond donors (Lipinski definition) is 1. The lowest BCUT2D eigenvalue weighted by molar-refractivity contribution is 0.102. The molecule has 1 amide bonds. The smallest absolute Gasteiger partial charge is 0.258 e. The van der Waals surface area contributed by atoms with Gasteiger partial charge in [0.15, 0.2) is 0 Å². The van der Waals surface area contributed by atoms with Crippen LogP contribution in [-0.2, 0) is 0 Å². The lowest BCUT2D eigenvalue weighted by atomic mass is 10.2. The molecule has 0 radical (unpaired) electrons. The van der Waals surface area contributed by atoms with Crippen molar-refractivity contribution in [3.63, 3.8) is 0 Å². The second-order valence-electron chi connectivity index (χ2n) is 4.46. The van der Waals surface area contributed by atoms with Gasteiger partial charge >= 0.3 is 0 Å². The highest BCUT2D eigenvalue weighted by molar-refractivity contribution is 6.36. The Balaban J connectivity index is 2.34. The van der Waals surface area contributed by atoms with Crippen LogP contribution in [0.2, 0.25) is 15.3 Å². The lowest BCUT2D eigenvalue weighted by Gasteiger charge is -2.19. The molecule has 0 aliphatic carbocycles. The Hall–Kier alpha value is -1.49. The molecule has 4 nitrogen and oxygen atoms in total. The molecule has 0 bridgehead atoms. The normalized spacial score (nSPS) is 10.3. The molecule has 0 saturated carbocycles. The minimum atomic E-state index is -0.380. The molecule has 1 N–H and O–H groups in total. The predicted molar refractivity (Wildman–Crippen MR) is 88.0 cm³/mol. The molecule has 1 aromatic heterocycles. The van der Waals surface area contributed by atoms with Gasteiger partial charge < -0.3 is 10.2 Å². The standard InChI is InChI=1S/C14H12Cl3N3O/c1-20(2)12-9(15)4-3-5-10(12)18-14(21)8-6-7-11(16)19-13(8)17/h3-7H,1-2H3,(H,18,21). The van der Waals surface area contributed by atoms with E-state index < -0.39 is 0 Å². The Morgan fingerprint density at radius 2 is 1.86 bits per heavy atom. The van der Waals surface area contributed by atoms with Crippen LogP contribution in [0.5, 0.6) is 0 Å². The zero-order valence-electron chi connectivity index (χ0n) is 11.3. The molecule has 0 atom stereocenters. The van der Waals surface area contributed by atoms with Crippen LogP contribution in [0.4, 0.5) is 11.4 Å². The van der Waals surface area contributed by atoms with E-state index in [1.165, 1.54) is 12.1 Å². The van der Waals surface area contributed by atoms with E-state index in [4.69, 9.17) is 34.8 Å². The van der Waals surface area contributed by atoms with Crippen LogP contribution in [0.3, 0.4) is 0 Å². The fourth-order valence-corrected chi connectivity index (χ4v) is 2.62. The summed E-state index contributed by atoms with van der Waals surface area (Å²) in [5.74, 6) is -0.380. The van der Waals surface area contributed by atoms with E-state index in [1.54, 1.807) is 18.2 Å². The van der Waals surface area contributed by atoms with Crippen molar-refractivity contribution in [1.82, 2.24) is 4.98 Å². The molecule has 0 aliphatic heterocycles. The van der Waals surface area contributed by atoms with Crippen molar-refractivity contribution in [3.05, 3.63) is 51.2 Å². The Labute approximate surface area is 137 Å². The fraction of sp³-hybridized carbons (Fsp3) is 0.143. The molecular formula is C14H12Cl3N3O. The van der Waals surface area contributed by atoms with Crippen molar-refractivity contribution in [1.29, 1.82) is 0 Å². The number of anilines is 2. The molecule has 21 heavy (non-hydrogen) atoms. The van der Waals surface area contributed by atoms with Crippen molar-refractivity contribution < 1.29 is 4.79 Å². The summed E-state index contributed by atoms with van der Waals surface area (Å²) in [6.45, 7) is 0. The van der Waals surface area contributed by atoms with E-state index in [9.17, 15) is 4.79 Å². The van der Waals surface area contributed by atoms with Crippen molar-refractivity contribution in [3.8, 4) is 0 Å². The summed E-state index contributed by atoms with van der Waals surface area (Å²) in [5, 5.41) is 3.60. The maximum Gasteiger partial charge on any atom is 0.258 e. The number of carbonyl (C=O) groups excluding carboxylic acids is 1. The lowest BCUT2D eigenvalue weighted by Crippen LogP contribution is -2.17. The Morgan fingerprint density at radius 3 is 2.48 bits per heavy atom. The third-order valence-corrected chi connectivity index (χ3v) is 3.55. The molecule has 0 saturated heterocycles. The maximum absolute atomic E-state index is 12.3. The second kappa shape index (κ2) is 6.52. The van der Waals surface area contributed by atoms with Crippen LogP contribution in [0.1, 0.15) is 10.4 Å². The number of rotatable bonds is 3. The van der Waals surface area contributed by atoms with Gasteiger partial charge in [0, 0.05) is 14.1 Å². The zero-order chi connectivity index (χ0) is 15.6. The van der Waals surface area contributed by atoms with Gasteiger partial charge in [-0.3, -0.25) is 4.79 Å². The van der Waals surface area contributed by atoms with Gasteiger partial charge in [0.25, 0.3) is 5.91 Å². The summed E-state index contributed by atoms with van der Waals surface area (Å²) in [5.41, 5.74) is 1.54. The van der Waals surface area contributed by atoms with Crippen LogP contribution < -0.4 is 10.2 Å². The third kappa shape index (κ3) is 3.59. The van der Waals surface area contributed by atoms with Gasteiger partial charge in [-0.25, -0.2) is 4.98 Å². The molecule has 0 spiro atoms. The van der Waals surface area contributed by atoms with Crippen LogP contribution >= 0.6 is 34.8 Å². The summed E-state index contributed by atoms with van der Waals surface area (Å²) < 4.78 is 0. The van der Waals surface area contributed by atoms with Gasteiger partial charge in [0.05, 0.1) is 22.0 Å². The summed E-state index contributed by atoms with van der Waals surface area (Å²) in [4.78, 5) is 18.0. The van der Waals surface area contributed by atoms with Crippen LogP contribution in [0.25, 0.3) is 0 Å². The van der Waals surface area contributed by atoms with Gasteiger partial charge in [-0.05, 0) is 24.3 Å². The first-order valence-electron chi connectivity index (χ1n) is 5.99. The molecule has 1 aromatic carbocycles. The number of benzene rings is 1. The van der Waals surface area contributed by atoms with Gasteiger partial charge in [0.1, 0.15) is 10.3 Å². The summed E-state index contributed by atoms with van der Waals surface area (Å²) in [6.07, 6.45) is 0. The van der Waals surface area contributed by atoms with Crippen molar-refractivity contribution in [2.75, 3.05) is 24.3 Å². The zero-order valence-corrected chi connectivity index (χ0v) is 13.6. The maximum atomic E-state index is 12.3. The highest BCUT2D eigenvalue weighted by atomic mass is 35.5. The number of nitrogens with zero attached hydrogens (tertiary/aromatic N) is 2. The summed E-state index contributed by atoms with van der Waals surface area (Å²) in [6, 6.07) is 8.30. The number of hydrogen-bond acceptors (Lipinski definition) is 3. The van der Waals surface area contributed by atoms with E-state index in [0.29, 0.717) is 16.4 Å². The van der Waals surface area contributed by atoms with E-state index >= 15 is 0 Å². The van der Waals surface area contributed by atoms with E-state index in [2.05, 4.69) is 10.3 Å². The number of pyridine rings is 1. The van der Waals surface area contributed by atoms with Crippen molar-refractivity contribution >= 4 is 52.1 Å². The molecule has 0 aliphatic rings. The molecule has 2 aromatic rings. The SMILES string of the molecule is CN(C)c1c(Cl)cccc1NC(=O)c1ccc(Cl)nc1Cl. The minimum absolute atomic E-state index is 0.0495. The van der Waals surface area contributed by atoms with Gasteiger partial charge in [0.2, 0.25) is 0 Å². The van der Waals surface area contributed by atoms with Gasteiger partial charge in [-0.1, -0.05) is 40.9 Å². The first-order chi connectivity index (χ1) is 9.90. The second-order valence-corrected chi connectivity index (χ2v) is 5.61. The van der Waals surface area contributed by atoms with Gasteiger partial charge in [-0.2, -0.15) is 0 Å². The fourth-order valence-electron chi connectivity index (χ4n) is 1.84. The molecule has 0 fully saturated rings. The first kappa shape index (κ1) is 15.9. The molecule has 110 valence electrons. The van der Waals surface area contributed by atoms with Crippen LogP contribution in [0, 0.1) is 0 Å². The quantitative estimate of drug-likeness (QED) is 0.841. The monoisotopic (exact) mass is 343 g/mol. The number of amides is 1. The number of halogens is 3. The molecule has 0 unspecified atom stereocenters. The Kier molecular flexibility index (Phi) is 4.93. The minimum Gasteiger partial charge on any atom is -0.375 e. The van der Waals surface area contributed by atoms with Crippen LogP contribution in [-0.4, -0.2) is 25.0 Å². The Bertz CT molecular complexity index is 689. The number of para-hydroxylation sites is 1. The van der Waals surface area contributed by atoms with Crippen molar-refractivity contribution in [2.45, 2.75) is 0 Å². The Morgan fingerprint density at radius 1 is 1.14 bits per heavy atom. The summed E-state index contributed by atoms with van der Waals surface area (Å²) >= 11 is 17.8. The number of nitrogens with one attached hydrogen (secondary N) is 1. The third-order valence-electron chi connectivity index (χ3n) is 2.74. The predicted octanol–water partition coefficient (Wildman–Crippen LogP) is 4.36. The highest BCUT2D eigenvalue weighted by Crippen LogP contribution is 2.33. The van der Waals surface area contributed by atoms with E-state index in [1.807, 2.05) is 19.0 Å². The van der Waals surface area contributed by atoms with E-state index in [0.717, 1.165) is 0 Å². The number of carbonyl (C=O) groups is 1. The molecular weight excluding hydrogens is 333 g/mol. The highest BCUT2D eigenvalue weighted by Gasteiger charge is 2.16. The van der Waals surface area contributed by atoms with Crippen molar-refractivity contribution in [2.24, 2.45) is 0 Å². The van der Waals surface area contributed by atoms with Gasteiger partial charge in [-0.15, -0.1) is 0 Å². The first-order valence-corrected chi connectivity index (χ1v) is 7.12. The molecule has 2 rings (SSSR count). The summed E-state index contributed by atoms with van der Waals surface area (Å²) in [7, 11) is 3.68. The molecule has 7 heteroatoms. The number of aromatic nitrogens is 1. The largest absolute Gasteiger partial charge is 0.375 e. The topological polar surface area (TPSA) is 45.2 Å². The van der Waals surface area contributed by atoms with E-state index in [-0.39, 0.29) is 21.8 Å². The molecule has 1 heterocycles. The average Bonchev–Trinajstić information content (AvgIpc) is 2.37. The average molecular weight is 345 g/mol.